The molecule has 0 aliphatic carbocycles. The predicted octanol–water partition coefficient (Wildman–Crippen LogP) is 5.22. The normalized spacial score (nSPS) is 10.6. The summed E-state index contributed by atoms with van der Waals surface area (Å²) in [6.07, 6.45) is 9.80. The molecule has 1 aromatic rings. The second kappa shape index (κ2) is 10.5. The van der Waals surface area contributed by atoms with Gasteiger partial charge in [0.1, 0.15) is 0 Å². The first-order chi connectivity index (χ1) is 10.1. The minimum atomic E-state index is -0.333. The van der Waals surface area contributed by atoms with Gasteiger partial charge in [0.25, 0.3) is 0 Å². The number of halogens is 1. The summed E-state index contributed by atoms with van der Waals surface area (Å²) in [5.41, 5.74) is 6.52. The standard InChI is InChI=1S/C17H26ClNO2/c1-2-3-4-5-6-7-8-9-12-21-17(20)14-10-11-16(19)15(18)13-14/h10-11,13H,2-9,12,19H2,1H3. The summed E-state index contributed by atoms with van der Waals surface area (Å²) in [5, 5.41) is 0.386. The molecule has 0 aromatic heterocycles. The summed E-state index contributed by atoms with van der Waals surface area (Å²) in [6.45, 7) is 2.69. The smallest absolute Gasteiger partial charge is 0.338 e. The summed E-state index contributed by atoms with van der Waals surface area (Å²) < 4.78 is 5.23. The SMILES string of the molecule is CCCCCCCCCCOC(=O)c1ccc(N)c(Cl)c1. The number of hydrogen-bond donors (Lipinski definition) is 1. The zero-order chi connectivity index (χ0) is 15.5. The molecule has 0 saturated heterocycles. The number of nitrogens with two attached hydrogens (primary N) is 1. The van der Waals surface area contributed by atoms with Gasteiger partial charge in [-0.05, 0) is 24.6 Å². The molecule has 0 saturated carbocycles. The largest absolute Gasteiger partial charge is 0.462 e. The zero-order valence-electron chi connectivity index (χ0n) is 12.9. The van der Waals surface area contributed by atoms with Crippen LogP contribution in [0.3, 0.4) is 0 Å². The molecule has 0 heterocycles. The van der Waals surface area contributed by atoms with Crippen LogP contribution in [0.1, 0.15) is 68.6 Å². The van der Waals surface area contributed by atoms with Crippen molar-refractivity contribution in [3.63, 3.8) is 0 Å². The number of ether oxygens (including phenoxy) is 1. The van der Waals surface area contributed by atoms with E-state index in [0.717, 1.165) is 12.8 Å². The van der Waals surface area contributed by atoms with Gasteiger partial charge in [0.05, 0.1) is 22.9 Å². The fraction of sp³-hybridized carbons (Fsp3) is 0.588. The van der Waals surface area contributed by atoms with Crippen molar-refractivity contribution in [1.29, 1.82) is 0 Å². The van der Waals surface area contributed by atoms with E-state index < -0.39 is 0 Å². The maximum absolute atomic E-state index is 11.8. The third-order valence-electron chi connectivity index (χ3n) is 3.47. The first kappa shape index (κ1) is 17.8. The lowest BCUT2D eigenvalue weighted by Gasteiger charge is -2.06. The average molecular weight is 312 g/mol. The molecule has 0 aliphatic rings. The van der Waals surface area contributed by atoms with Gasteiger partial charge in [-0.1, -0.05) is 63.5 Å². The molecule has 2 N–H and O–H groups in total. The summed E-state index contributed by atoms with van der Waals surface area (Å²) in [5.74, 6) is -0.333. The van der Waals surface area contributed by atoms with Crippen LogP contribution in [0, 0.1) is 0 Å². The Hall–Kier alpha value is -1.22. The quantitative estimate of drug-likeness (QED) is 0.366. The number of carbonyl (C=O) groups is 1. The van der Waals surface area contributed by atoms with Gasteiger partial charge in [-0.15, -0.1) is 0 Å². The second-order valence-corrected chi connectivity index (χ2v) is 5.75. The van der Waals surface area contributed by atoms with E-state index in [9.17, 15) is 4.79 Å². The molecule has 1 rings (SSSR count). The summed E-state index contributed by atoms with van der Waals surface area (Å²) in [7, 11) is 0. The van der Waals surface area contributed by atoms with E-state index in [2.05, 4.69) is 6.92 Å². The maximum Gasteiger partial charge on any atom is 0.338 e. The molecular formula is C17H26ClNO2. The van der Waals surface area contributed by atoms with Crippen molar-refractivity contribution in [3.05, 3.63) is 28.8 Å². The molecule has 0 amide bonds. The van der Waals surface area contributed by atoms with Crippen LogP contribution in [0.15, 0.2) is 18.2 Å². The van der Waals surface area contributed by atoms with Crippen LogP contribution in [-0.4, -0.2) is 12.6 Å². The lowest BCUT2D eigenvalue weighted by molar-refractivity contribution is 0.0497. The van der Waals surface area contributed by atoms with E-state index in [1.54, 1.807) is 18.2 Å². The van der Waals surface area contributed by atoms with Crippen molar-refractivity contribution in [1.82, 2.24) is 0 Å². The Bertz CT molecular complexity index is 435. The Balaban J connectivity index is 2.09. The number of esters is 1. The molecule has 0 fully saturated rings. The van der Waals surface area contributed by atoms with Crippen LogP contribution in [-0.2, 0) is 4.74 Å². The highest BCUT2D eigenvalue weighted by atomic mass is 35.5. The van der Waals surface area contributed by atoms with E-state index in [1.165, 1.54) is 38.5 Å². The Morgan fingerprint density at radius 3 is 2.33 bits per heavy atom. The van der Waals surface area contributed by atoms with Crippen LogP contribution in [0.5, 0.6) is 0 Å². The lowest BCUT2D eigenvalue weighted by Crippen LogP contribution is -2.06. The number of anilines is 1. The maximum atomic E-state index is 11.8. The van der Waals surface area contributed by atoms with Crippen molar-refractivity contribution in [2.24, 2.45) is 0 Å². The Morgan fingerprint density at radius 2 is 1.71 bits per heavy atom. The molecule has 118 valence electrons. The number of carbonyl (C=O) groups excluding carboxylic acids is 1. The molecule has 4 heteroatoms. The Labute approximate surface area is 132 Å². The van der Waals surface area contributed by atoms with E-state index >= 15 is 0 Å². The van der Waals surface area contributed by atoms with Gasteiger partial charge in [-0.2, -0.15) is 0 Å². The third-order valence-corrected chi connectivity index (χ3v) is 3.79. The van der Waals surface area contributed by atoms with Crippen molar-refractivity contribution in [3.8, 4) is 0 Å². The molecule has 0 spiro atoms. The van der Waals surface area contributed by atoms with Gasteiger partial charge in [0.15, 0.2) is 0 Å². The highest BCUT2D eigenvalue weighted by molar-refractivity contribution is 6.33. The highest BCUT2D eigenvalue weighted by Gasteiger charge is 2.08. The van der Waals surface area contributed by atoms with Gasteiger partial charge in [-0.3, -0.25) is 0 Å². The molecule has 0 unspecified atom stereocenters. The first-order valence-corrected chi connectivity index (χ1v) is 8.25. The number of unbranched alkanes of at least 4 members (excludes halogenated alkanes) is 7. The monoisotopic (exact) mass is 311 g/mol. The minimum Gasteiger partial charge on any atom is -0.462 e. The van der Waals surface area contributed by atoms with Crippen LogP contribution < -0.4 is 5.73 Å². The van der Waals surface area contributed by atoms with E-state index in [1.807, 2.05) is 0 Å². The molecular weight excluding hydrogens is 286 g/mol. The predicted molar refractivity (Wildman–Crippen MR) is 88.8 cm³/mol. The number of nitrogen functional groups attached to an aromatic ring is 1. The fourth-order valence-electron chi connectivity index (χ4n) is 2.14. The van der Waals surface area contributed by atoms with E-state index in [4.69, 9.17) is 22.1 Å². The number of rotatable bonds is 10. The van der Waals surface area contributed by atoms with Crippen LogP contribution in [0.4, 0.5) is 5.69 Å². The van der Waals surface area contributed by atoms with Crippen LogP contribution >= 0.6 is 11.6 Å². The van der Waals surface area contributed by atoms with Crippen molar-refractivity contribution in [2.75, 3.05) is 12.3 Å². The summed E-state index contributed by atoms with van der Waals surface area (Å²) in [6, 6.07) is 4.81. The van der Waals surface area contributed by atoms with Crippen molar-refractivity contribution < 1.29 is 9.53 Å². The van der Waals surface area contributed by atoms with Crippen molar-refractivity contribution >= 4 is 23.3 Å². The molecule has 0 atom stereocenters. The number of hydrogen-bond acceptors (Lipinski definition) is 3. The van der Waals surface area contributed by atoms with Crippen LogP contribution in [0.25, 0.3) is 0 Å². The van der Waals surface area contributed by atoms with Gasteiger partial charge in [0.2, 0.25) is 0 Å². The van der Waals surface area contributed by atoms with Gasteiger partial charge in [-0.25, -0.2) is 4.79 Å². The molecule has 1 aromatic carbocycles. The second-order valence-electron chi connectivity index (χ2n) is 5.35. The minimum absolute atomic E-state index is 0.333. The molecule has 21 heavy (non-hydrogen) atoms. The van der Waals surface area contributed by atoms with Crippen molar-refractivity contribution in [2.45, 2.75) is 58.3 Å². The lowest BCUT2D eigenvalue weighted by atomic mass is 10.1. The Morgan fingerprint density at radius 1 is 1.10 bits per heavy atom. The van der Waals surface area contributed by atoms with E-state index in [0.29, 0.717) is 22.9 Å². The third kappa shape index (κ3) is 7.37. The summed E-state index contributed by atoms with van der Waals surface area (Å²) in [4.78, 5) is 11.8. The van der Waals surface area contributed by atoms with E-state index in [-0.39, 0.29) is 5.97 Å². The molecule has 0 bridgehead atoms. The van der Waals surface area contributed by atoms with Gasteiger partial charge in [0, 0.05) is 0 Å². The zero-order valence-corrected chi connectivity index (χ0v) is 13.6. The van der Waals surface area contributed by atoms with Gasteiger partial charge >= 0.3 is 5.97 Å². The summed E-state index contributed by atoms with van der Waals surface area (Å²) >= 11 is 5.88. The van der Waals surface area contributed by atoms with Gasteiger partial charge < -0.3 is 10.5 Å². The molecule has 0 aliphatic heterocycles. The highest BCUT2D eigenvalue weighted by Crippen LogP contribution is 2.20. The molecule has 3 nitrogen and oxygen atoms in total. The van der Waals surface area contributed by atoms with Crippen LogP contribution in [0.2, 0.25) is 5.02 Å². The Kier molecular flexibility index (Phi) is 8.91. The molecule has 0 radical (unpaired) electrons. The average Bonchev–Trinajstić information content (AvgIpc) is 2.48. The number of benzene rings is 1. The fourth-order valence-corrected chi connectivity index (χ4v) is 2.32. The first-order valence-electron chi connectivity index (χ1n) is 7.87. The topological polar surface area (TPSA) is 52.3 Å².